The van der Waals surface area contributed by atoms with Crippen molar-refractivity contribution in [1.29, 1.82) is 0 Å². The van der Waals surface area contributed by atoms with Gasteiger partial charge in [-0.15, -0.1) is 0 Å². The van der Waals surface area contributed by atoms with Gasteiger partial charge in [0.15, 0.2) is 0 Å². The third kappa shape index (κ3) is 5.45. The predicted molar refractivity (Wildman–Crippen MR) is 142 cm³/mol. The first kappa shape index (κ1) is 27.0. The molecular formula is C28H35FN4O6. The van der Waals surface area contributed by atoms with E-state index in [9.17, 15) is 19.1 Å². The number of halogens is 1. The molecule has 4 heterocycles. The first-order chi connectivity index (χ1) is 18.3. The Hall–Kier alpha value is -3.60. The van der Waals surface area contributed by atoms with Gasteiger partial charge in [0, 0.05) is 38.8 Å². The Morgan fingerprint density at radius 2 is 1.97 bits per heavy atom. The summed E-state index contributed by atoms with van der Waals surface area (Å²) in [5.41, 5.74) is -0.768. The molecule has 0 spiro atoms. The van der Waals surface area contributed by atoms with Gasteiger partial charge in [-0.05, 0) is 46.8 Å². The number of phenolic OH excluding ortho intramolecular Hbond substituents is 1. The van der Waals surface area contributed by atoms with Crippen LogP contribution in [-0.4, -0.2) is 95.1 Å². The van der Waals surface area contributed by atoms with Crippen LogP contribution in [0.2, 0.25) is 0 Å². The number of aromatic hydroxyl groups is 1. The van der Waals surface area contributed by atoms with Crippen LogP contribution in [-0.2, 0) is 9.47 Å². The molecule has 2 saturated heterocycles. The topological polar surface area (TPSA) is 105 Å². The summed E-state index contributed by atoms with van der Waals surface area (Å²) >= 11 is 0. The van der Waals surface area contributed by atoms with E-state index < -0.39 is 29.2 Å². The minimum atomic E-state index is -0.638. The smallest absolute Gasteiger partial charge is 0.410 e. The molecular weight excluding hydrogens is 507 g/mol. The van der Waals surface area contributed by atoms with Crippen molar-refractivity contribution in [2.45, 2.75) is 51.9 Å². The predicted octanol–water partition coefficient (Wildman–Crippen LogP) is 3.66. The van der Waals surface area contributed by atoms with E-state index in [4.69, 9.17) is 19.2 Å². The number of hydrogen-bond donors (Lipinski definition) is 1. The standard InChI is InChI=1S/C28H35FN4O6/c1-27(2,3)39-26(36)31-9-10-33-17(14-31)15-37-21-13-19(22-18(29)7-6-8-20(22)34)30-24(23(21)25(33)35)32-11-12-38-28(4,5)16-32/h6-8,13,17,34H,9-12,14-16H2,1-5H3/t17-/m1/s1. The summed E-state index contributed by atoms with van der Waals surface area (Å²) in [5.74, 6) is -0.568. The maximum absolute atomic E-state index is 14.9. The average Bonchev–Trinajstić information content (AvgIpc) is 2.98. The second-order valence-corrected chi connectivity index (χ2v) is 11.8. The molecule has 2 aromatic rings. The van der Waals surface area contributed by atoms with E-state index in [2.05, 4.69) is 0 Å². The lowest BCUT2D eigenvalue weighted by atomic mass is 10.0. The zero-order valence-electron chi connectivity index (χ0n) is 23.0. The molecule has 1 aromatic heterocycles. The number of benzene rings is 1. The van der Waals surface area contributed by atoms with Crippen LogP contribution in [0.4, 0.5) is 15.0 Å². The van der Waals surface area contributed by atoms with Crippen LogP contribution in [0.25, 0.3) is 11.3 Å². The first-order valence-corrected chi connectivity index (χ1v) is 13.2. The molecule has 3 aliphatic heterocycles. The van der Waals surface area contributed by atoms with Crippen molar-refractivity contribution < 1.29 is 33.3 Å². The highest BCUT2D eigenvalue weighted by molar-refractivity contribution is 6.03. The fourth-order valence-electron chi connectivity index (χ4n) is 5.23. The molecule has 1 atom stereocenters. The summed E-state index contributed by atoms with van der Waals surface area (Å²) in [6.07, 6.45) is -0.438. The lowest BCUT2D eigenvalue weighted by Gasteiger charge is -2.41. The van der Waals surface area contributed by atoms with Gasteiger partial charge < -0.3 is 34.0 Å². The van der Waals surface area contributed by atoms with Crippen LogP contribution < -0.4 is 9.64 Å². The number of morpholine rings is 1. The number of rotatable bonds is 2. The SMILES string of the molecule is CC(C)(C)OC(=O)N1CCN2C(=O)c3c(cc(-c4c(O)cccc4F)nc3N3CCOC(C)(C)C3)OC[C@H]2C1. The molecule has 1 aromatic carbocycles. The molecule has 39 heavy (non-hydrogen) atoms. The molecule has 1 N–H and O–H groups in total. The highest BCUT2D eigenvalue weighted by Gasteiger charge is 2.41. The van der Waals surface area contributed by atoms with Crippen LogP contribution >= 0.6 is 0 Å². The lowest BCUT2D eigenvalue weighted by Crippen LogP contribution is -2.58. The van der Waals surface area contributed by atoms with Gasteiger partial charge in [0.25, 0.3) is 5.91 Å². The fraction of sp³-hybridized carbons (Fsp3) is 0.536. The number of phenols is 1. The van der Waals surface area contributed by atoms with Gasteiger partial charge in [0.05, 0.1) is 29.5 Å². The van der Waals surface area contributed by atoms with E-state index in [-0.39, 0.29) is 47.4 Å². The van der Waals surface area contributed by atoms with Crippen molar-refractivity contribution in [1.82, 2.24) is 14.8 Å². The van der Waals surface area contributed by atoms with Crippen molar-refractivity contribution in [3.8, 4) is 22.8 Å². The van der Waals surface area contributed by atoms with Gasteiger partial charge in [-0.2, -0.15) is 0 Å². The van der Waals surface area contributed by atoms with Crippen LogP contribution in [0.5, 0.6) is 11.5 Å². The molecule has 0 bridgehead atoms. The largest absolute Gasteiger partial charge is 0.507 e. The maximum atomic E-state index is 14.9. The van der Waals surface area contributed by atoms with Crippen molar-refractivity contribution >= 4 is 17.8 Å². The molecule has 11 heteroatoms. The van der Waals surface area contributed by atoms with E-state index in [1.54, 1.807) is 9.80 Å². The summed E-state index contributed by atoms with van der Waals surface area (Å²) < 4.78 is 32.5. The summed E-state index contributed by atoms with van der Waals surface area (Å²) in [6, 6.07) is 5.14. The minimum Gasteiger partial charge on any atom is -0.507 e. The maximum Gasteiger partial charge on any atom is 0.410 e. The van der Waals surface area contributed by atoms with Gasteiger partial charge >= 0.3 is 6.09 Å². The lowest BCUT2D eigenvalue weighted by molar-refractivity contribution is -0.0279. The number of pyridine rings is 1. The minimum absolute atomic E-state index is 0.0665. The van der Waals surface area contributed by atoms with E-state index in [0.29, 0.717) is 38.6 Å². The van der Waals surface area contributed by atoms with E-state index in [0.717, 1.165) is 0 Å². The Labute approximate surface area is 227 Å². The highest BCUT2D eigenvalue weighted by Crippen LogP contribution is 2.40. The van der Waals surface area contributed by atoms with Crippen LogP contribution in [0.3, 0.4) is 0 Å². The molecule has 2 fully saturated rings. The molecule has 5 rings (SSSR count). The molecule has 10 nitrogen and oxygen atoms in total. The first-order valence-electron chi connectivity index (χ1n) is 13.2. The van der Waals surface area contributed by atoms with E-state index in [1.165, 1.54) is 24.3 Å². The Bertz CT molecular complexity index is 1270. The number of aromatic nitrogens is 1. The average molecular weight is 543 g/mol. The van der Waals surface area contributed by atoms with Crippen molar-refractivity contribution in [2.75, 3.05) is 50.8 Å². The number of piperazine rings is 1. The number of anilines is 1. The monoisotopic (exact) mass is 542 g/mol. The van der Waals surface area contributed by atoms with Gasteiger partial charge in [0.1, 0.15) is 40.9 Å². The summed E-state index contributed by atoms with van der Waals surface area (Å²) in [7, 11) is 0. The van der Waals surface area contributed by atoms with E-state index in [1.807, 2.05) is 39.5 Å². The van der Waals surface area contributed by atoms with Crippen LogP contribution in [0.15, 0.2) is 24.3 Å². The zero-order chi connectivity index (χ0) is 28.1. The number of nitrogens with zero attached hydrogens (tertiary/aromatic N) is 4. The second kappa shape index (κ2) is 9.86. The number of amides is 2. The van der Waals surface area contributed by atoms with Crippen molar-refractivity contribution in [2.24, 2.45) is 0 Å². The molecule has 210 valence electrons. The summed E-state index contributed by atoms with van der Waals surface area (Å²) in [6.45, 7) is 11.7. The van der Waals surface area contributed by atoms with E-state index >= 15 is 0 Å². The third-order valence-electron chi connectivity index (χ3n) is 6.98. The number of fused-ring (bicyclic) bond motifs is 2. The highest BCUT2D eigenvalue weighted by atomic mass is 19.1. The van der Waals surface area contributed by atoms with Gasteiger partial charge in [-0.3, -0.25) is 4.79 Å². The number of carbonyl (C=O) groups is 2. The number of carbonyl (C=O) groups excluding carboxylic acids is 2. The quantitative estimate of drug-likeness (QED) is 0.613. The third-order valence-corrected chi connectivity index (χ3v) is 6.98. The fourth-order valence-corrected chi connectivity index (χ4v) is 5.23. The summed E-state index contributed by atoms with van der Waals surface area (Å²) in [5, 5.41) is 10.5. The molecule has 0 aliphatic carbocycles. The number of hydrogen-bond acceptors (Lipinski definition) is 8. The molecule has 0 saturated carbocycles. The van der Waals surface area contributed by atoms with Crippen LogP contribution in [0, 0.1) is 5.82 Å². The van der Waals surface area contributed by atoms with Crippen molar-refractivity contribution in [3.05, 3.63) is 35.6 Å². The molecule has 0 unspecified atom stereocenters. The summed E-state index contributed by atoms with van der Waals surface area (Å²) in [4.78, 5) is 36.8. The Kier molecular flexibility index (Phi) is 6.82. The molecule has 2 amide bonds. The second-order valence-electron chi connectivity index (χ2n) is 11.8. The Morgan fingerprint density at radius 1 is 1.21 bits per heavy atom. The van der Waals surface area contributed by atoms with Crippen LogP contribution in [0.1, 0.15) is 45.0 Å². The Balaban J connectivity index is 1.55. The van der Waals surface area contributed by atoms with Crippen molar-refractivity contribution in [3.63, 3.8) is 0 Å². The molecule has 0 radical (unpaired) electrons. The van der Waals surface area contributed by atoms with Gasteiger partial charge in [-0.25, -0.2) is 14.2 Å². The Morgan fingerprint density at radius 3 is 2.67 bits per heavy atom. The van der Waals surface area contributed by atoms with Gasteiger partial charge in [-0.1, -0.05) is 6.07 Å². The molecule has 3 aliphatic rings. The normalized spacial score (nSPS) is 21.0. The van der Waals surface area contributed by atoms with Gasteiger partial charge in [0.2, 0.25) is 0 Å². The number of ether oxygens (including phenoxy) is 3. The zero-order valence-corrected chi connectivity index (χ0v) is 23.0.